The monoisotopic (exact) mass is 297 g/mol. The molecule has 3 heteroatoms. The summed E-state index contributed by atoms with van der Waals surface area (Å²) in [6.07, 6.45) is 0.971. The van der Waals surface area contributed by atoms with Gasteiger partial charge in [0.05, 0.1) is 4.83 Å². The molecule has 0 saturated heterocycles. The fourth-order valence-electron chi connectivity index (χ4n) is 1.68. The SMILES string of the molecule is CCC(C)N(Cc1ccccc1)C(=O)C(C)Br. The molecule has 1 amide bonds. The van der Waals surface area contributed by atoms with E-state index in [4.69, 9.17) is 0 Å². The summed E-state index contributed by atoms with van der Waals surface area (Å²) in [6, 6.07) is 10.4. The summed E-state index contributed by atoms with van der Waals surface area (Å²) in [4.78, 5) is 13.9. The first-order valence-electron chi connectivity index (χ1n) is 6.04. The highest BCUT2D eigenvalue weighted by atomic mass is 79.9. The zero-order chi connectivity index (χ0) is 12.8. The minimum absolute atomic E-state index is 0.125. The Kier molecular flexibility index (Phi) is 5.69. The first-order chi connectivity index (χ1) is 8.06. The number of alkyl halides is 1. The zero-order valence-corrected chi connectivity index (χ0v) is 12.3. The molecule has 2 unspecified atom stereocenters. The summed E-state index contributed by atoms with van der Waals surface area (Å²) in [6.45, 7) is 6.76. The van der Waals surface area contributed by atoms with E-state index in [9.17, 15) is 4.79 Å². The van der Waals surface area contributed by atoms with Gasteiger partial charge in [0.1, 0.15) is 0 Å². The molecular weight excluding hydrogens is 278 g/mol. The summed E-state index contributed by atoms with van der Waals surface area (Å²) in [5.41, 5.74) is 1.18. The number of halogens is 1. The number of hydrogen-bond donors (Lipinski definition) is 0. The Bertz CT molecular complexity index is 350. The second kappa shape index (κ2) is 6.80. The Morgan fingerprint density at radius 2 is 1.88 bits per heavy atom. The molecule has 0 spiro atoms. The topological polar surface area (TPSA) is 20.3 Å². The molecule has 0 fully saturated rings. The Labute approximate surface area is 112 Å². The number of carbonyl (C=O) groups is 1. The first kappa shape index (κ1) is 14.2. The smallest absolute Gasteiger partial charge is 0.236 e. The van der Waals surface area contributed by atoms with Crippen molar-refractivity contribution in [1.29, 1.82) is 0 Å². The predicted molar refractivity (Wildman–Crippen MR) is 75.1 cm³/mol. The lowest BCUT2D eigenvalue weighted by atomic mass is 10.1. The molecule has 0 heterocycles. The van der Waals surface area contributed by atoms with Gasteiger partial charge in [-0.05, 0) is 25.8 Å². The van der Waals surface area contributed by atoms with Crippen LogP contribution in [0.1, 0.15) is 32.8 Å². The van der Waals surface area contributed by atoms with E-state index in [0.29, 0.717) is 6.54 Å². The fraction of sp³-hybridized carbons (Fsp3) is 0.500. The molecule has 2 atom stereocenters. The van der Waals surface area contributed by atoms with Gasteiger partial charge in [0.2, 0.25) is 5.91 Å². The van der Waals surface area contributed by atoms with Crippen molar-refractivity contribution in [2.24, 2.45) is 0 Å². The van der Waals surface area contributed by atoms with Gasteiger partial charge in [-0.2, -0.15) is 0 Å². The average Bonchev–Trinajstić information content (AvgIpc) is 2.35. The third-order valence-electron chi connectivity index (χ3n) is 2.94. The van der Waals surface area contributed by atoms with E-state index >= 15 is 0 Å². The van der Waals surface area contributed by atoms with Gasteiger partial charge in [-0.15, -0.1) is 0 Å². The molecule has 1 aromatic rings. The van der Waals surface area contributed by atoms with E-state index in [1.165, 1.54) is 5.56 Å². The summed E-state index contributed by atoms with van der Waals surface area (Å²) in [5.74, 6) is 0.156. The molecule has 94 valence electrons. The van der Waals surface area contributed by atoms with Crippen molar-refractivity contribution in [2.75, 3.05) is 0 Å². The van der Waals surface area contributed by atoms with E-state index in [1.54, 1.807) is 0 Å². The van der Waals surface area contributed by atoms with Crippen molar-refractivity contribution in [1.82, 2.24) is 4.90 Å². The summed E-state index contributed by atoms with van der Waals surface area (Å²) < 4.78 is 0. The molecule has 0 radical (unpaired) electrons. The van der Waals surface area contributed by atoms with Gasteiger partial charge in [-0.1, -0.05) is 53.2 Å². The lowest BCUT2D eigenvalue weighted by Gasteiger charge is -2.30. The van der Waals surface area contributed by atoms with E-state index in [-0.39, 0.29) is 16.8 Å². The van der Waals surface area contributed by atoms with Crippen LogP contribution >= 0.6 is 15.9 Å². The number of carbonyl (C=O) groups excluding carboxylic acids is 1. The van der Waals surface area contributed by atoms with Crippen molar-refractivity contribution in [3.63, 3.8) is 0 Å². The molecule has 0 aliphatic carbocycles. The molecule has 2 nitrogen and oxygen atoms in total. The van der Waals surface area contributed by atoms with Crippen LogP contribution in [0, 0.1) is 0 Å². The van der Waals surface area contributed by atoms with Crippen molar-refractivity contribution in [3.8, 4) is 0 Å². The van der Waals surface area contributed by atoms with Gasteiger partial charge in [0.15, 0.2) is 0 Å². The third kappa shape index (κ3) is 4.15. The largest absolute Gasteiger partial charge is 0.335 e. The third-order valence-corrected chi connectivity index (χ3v) is 3.33. The van der Waals surface area contributed by atoms with E-state index in [2.05, 4.69) is 41.9 Å². The van der Waals surface area contributed by atoms with Crippen LogP contribution in [0.3, 0.4) is 0 Å². The normalized spacial score (nSPS) is 14.1. The number of amides is 1. The summed E-state index contributed by atoms with van der Waals surface area (Å²) in [5, 5.41) is 0. The molecule has 0 bridgehead atoms. The Hall–Kier alpha value is -0.830. The van der Waals surface area contributed by atoms with Crippen LogP contribution < -0.4 is 0 Å². The first-order valence-corrected chi connectivity index (χ1v) is 6.96. The minimum Gasteiger partial charge on any atom is -0.335 e. The second-order valence-corrected chi connectivity index (χ2v) is 5.70. The summed E-state index contributed by atoms with van der Waals surface area (Å²) >= 11 is 3.36. The maximum atomic E-state index is 12.1. The summed E-state index contributed by atoms with van der Waals surface area (Å²) in [7, 11) is 0. The van der Waals surface area contributed by atoms with Gasteiger partial charge in [-0.25, -0.2) is 0 Å². The highest BCUT2D eigenvalue weighted by Crippen LogP contribution is 2.14. The van der Waals surface area contributed by atoms with Crippen molar-refractivity contribution >= 4 is 21.8 Å². The molecule has 0 aliphatic heterocycles. The standard InChI is InChI=1S/C14H20BrNO/c1-4-11(2)16(14(17)12(3)15)10-13-8-6-5-7-9-13/h5-9,11-12H,4,10H2,1-3H3. The average molecular weight is 298 g/mol. The van der Waals surface area contributed by atoms with Gasteiger partial charge < -0.3 is 4.90 Å². The fourth-order valence-corrected chi connectivity index (χ4v) is 1.94. The van der Waals surface area contributed by atoms with E-state index < -0.39 is 0 Å². The van der Waals surface area contributed by atoms with Crippen molar-refractivity contribution in [3.05, 3.63) is 35.9 Å². The predicted octanol–water partition coefficient (Wildman–Crippen LogP) is 3.60. The van der Waals surface area contributed by atoms with Gasteiger partial charge >= 0.3 is 0 Å². The number of hydrogen-bond acceptors (Lipinski definition) is 1. The molecule has 0 aromatic heterocycles. The molecule has 17 heavy (non-hydrogen) atoms. The molecule has 0 aliphatic rings. The van der Waals surface area contributed by atoms with Crippen LogP contribution in [0.25, 0.3) is 0 Å². The maximum absolute atomic E-state index is 12.1. The van der Waals surface area contributed by atoms with E-state index in [1.807, 2.05) is 30.0 Å². The van der Waals surface area contributed by atoms with Crippen LogP contribution in [-0.2, 0) is 11.3 Å². The van der Waals surface area contributed by atoms with Crippen molar-refractivity contribution < 1.29 is 4.79 Å². The van der Waals surface area contributed by atoms with Gasteiger partial charge in [0, 0.05) is 12.6 Å². The van der Waals surface area contributed by atoms with Gasteiger partial charge in [0.25, 0.3) is 0 Å². The molecule has 1 rings (SSSR count). The van der Waals surface area contributed by atoms with Crippen molar-refractivity contribution in [2.45, 2.75) is 44.6 Å². The second-order valence-electron chi connectivity index (χ2n) is 4.33. The Morgan fingerprint density at radius 1 is 1.29 bits per heavy atom. The van der Waals surface area contributed by atoms with Crippen LogP contribution in [0.5, 0.6) is 0 Å². The van der Waals surface area contributed by atoms with Crippen LogP contribution in [0.2, 0.25) is 0 Å². The molecular formula is C14H20BrNO. The van der Waals surface area contributed by atoms with Crippen LogP contribution in [0.4, 0.5) is 0 Å². The highest BCUT2D eigenvalue weighted by molar-refractivity contribution is 9.10. The number of benzene rings is 1. The number of nitrogens with zero attached hydrogens (tertiary/aromatic N) is 1. The lowest BCUT2D eigenvalue weighted by Crippen LogP contribution is -2.41. The molecule has 0 N–H and O–H groups in total. The maximum Gasteiger partial charge on any atom is 0.236 e. The molecule has 1 aromatic carbocycles. The zero-order valence-electron chi connectivity index (χ0n) is 10.7. The number of rotatable bonds is 5. The lowest BCUT2D eigenvalue weighted by molar-refractivity contribution is -0.132. The van der Waals surface area contributed by atoms with Crippen LogP contribution in [0.15, 0.2) is 30.3 Å². The highest BCUT2D eigenvalue weighted by Gasteiger charge is 2.22. The van der Waals surface area contributed by atoms with Crippen LogP contribution in [-0.4, -0.2) is 21.7 Å². The Morgan fingerprint density at radius 3 is 2.35 bits per heavy atom. The quantitative estimate of drug-likeness (QED) is 0.761. The molecule has 0 saturated carbocycles. The van der Waals surface area contributed by atoms with E-state index in [0.717, 1.165) is 6.42 Å². The van der Waals surface area contributed by atoms with Gasteiger partial charge in [-0.3, -0.25) is 4.79 Å². The Balaban J connectivity index is 2.81. The minimum atomic E-state index is -0.125.